The predicted molar refractivity (Wildman–Crippen MR) is 22.5 cm³/mol. The standard InChI is InChI=1S/C3H4N3O/c4-2-1-3(7)6-5-2/h1,5H,4H2. The van der Waals surface area contributed by atoms with Crippen molar-refractivity contribution in [3.8, 4) is 0 Å². The molecule has 0 bridgehead atoms. The number of nitrogens with zero attached hydrogens (tertiary/aromatic N) is 1. The van der Waals surface area contributed by atoms with Gasteiger partial charge in [0.25, 0.3) is 5.91 Å². The van der Waals surface area contributed by atoms with E-state index in [1.54, 1.807) is 0 Å². The molecule has 4 nitrogen and oxygen atoms in total. The third kappa shape index (κ3) is 0.623. The average molecular weight is 98.1 g/mol. The van der Waals surface area contributed by atoms with Crippen LogP contribution in [0.1, 0.15) is 0 Å². The summed E-state index contributed by atoms with van der Waals surface area (Å²) in [6, 6.07) is 0. The number of amides is 1. The summed E-state index contributed by atoms with van der Waals surface area (Å²) < 4.78 is 0. The lowest BCUT2D eigenvalue weighted by atomic mass is 10.6. The van der Waals surface area contributed by atoms with Gasteiger partial charge in [0.15, 0.2) is 0 Å². The first-order valence-corrected chi connectivity index (χ1v) is 1.77. The summed E-state index contributed by atoms with van der Waals surface area (Å²) in [4.78, 5) is 10.1. The van der Waals surface area contributed by atoms with Crippen molar-refractivity contribution in [3.05, 3.63) is 11.9 Å². The van der Waals surface area contributed by atoms with Crippen LogP contribution in [0.2, 0.25) is 0 Å². The topological polar surface area (TPSA) is 69.2 Å². The molecule has 3 N–H and O–H groups in total. The van der Waals surface area contributed by atoms with E-state index in [1.807, 2.05) is 0 Å². The highest BCUT2D eigenvalue weighted by Crippen LogP contribution is 1.83. The van der Waals surface area contributed by atoms with E-state index < -0.39 is 0 Å². The maximum atomic E-state index is 10.1. The van der Waals surface area contributed by atoms with E-state index >= 15 is 0 Å². The van der Waals surface area contributed by atoms with E-state index in [1.165, 1.54) is 6.08 Å². The molecule has 0 saturated carbocycles. The van der Waals surface area contributed by atoms with E-state index in [2.05, 4.69) is 10.9 Å². The molecule has 1 aliphatic rings. The van der Waals surface area contributed by atoms with Crippen LogP contribution in [0.25, 0.3) is 0 Å². The summed E-state index contributed by atoms with van der Waals surface area (Å²) in [6.07, 6.45) is 1.22. The Hall–Kier alpha value is -1.19. The summed E-state index contributed by atoms with van der Waals surface area (Å²) in [7, 11) is 0. The molecule has 7 heavy (non-hydrogen) atoms. The van der Waals surface area contributed by atoms with Gasteiger partial charge in [0.05, 0.1) is 0 Å². The SMILES string of the molecule is NC1=CC(=O)[N]N1. The minimum atomic E-state index is -0.322. The molecule has 1 radical (unpaired) electrons. The lowest BCUT2D eigenvalue weighted by molar-refractivity contribution is -0.116. The second-order valence-corrected chi connectivity index (χ2v) is 1.16. The van der Waals surface area contributed by atoms with E-state index in [4.69, 9.17) is 5.73 Å². The van der Waals surface area contributed by atoms with Gasteiger partial charge in [0.2, 0.25) is 0 Å². The van der Waals surface area contributed by atoms with Crippen LogP contribution in [0.4, 0.5) is 0 Å². The lowest BCUT2D eigenvalue weighted by Gasteiger charge is -1.87. The lowest BCUT2D eigenvalue weighted by Crippen LogP contribution is -2.22. The molecule has 37 valence electrons. The minimum absolute atomic E-state index is 0.310. The van der Waals surface area contributed by atoms with Gasteiger partial charge >= 0.3 is 0 Å². The molecule has 0 spiro atoms. The zero-order valence-electron chi connectivity index (χ0n) is 3.51. The van der Waals surface area contributed by atoms with Crippen LogP contribution in [0.3, 0.4) is 0 Å². The Morgan fingerprint density at radius 2 is 2.57 bits per heavy atom. The molecule has 0 aliphatic carbocycles. The van der Waals surface area contributed by atoms with E-state index in [0.29, 0.717) is 5.82 Å². The molecular formula is C3H4N3O. The number of rotatable bonds is 0. The summed E-state index contributed by atoms with van der Waals surface area (Å²) in [5.74, 6) is -0.0116. The number of carbonyl (C=O) groups is 1. The minimum Gasteiger partial charge on any atom is -0.384 e. The fourth-order valence-corrected chi connectivity index (χ4v) is 0.317. The van der Waals surface area contributed by atoms with Gasteiger partial charge in [-0.3, -0.25) is 10.2 Å². The molecule has 1 aliphatic heterocycles. The highest BCUT2D eigenvalue weighted by molar-refractivity contribution is 5.89. The largest absolute Gasteiger partial charge is 0.384 e. The fourth-order valence-electron chi connectivity index (χ4n) is 0.317. The Kier molecular flexibility index (Phi) is 0.651. The Labute approximate surface area is 40.3 Å². The molecule has 1 rings (SSSR count). The third-order valence-corrected chi connectivity index (χ3v) is 0.574. The van der Waals surface area contributed by atoms with Crippen LogP contribution in [-0.4, -0.2) is 5.91 Å². The molecular weight excluding hydrogens is 94.1 g/mol. The average Bonchev–Trinajstić information content (AvgIpc) is 1.87. The van der Waals surface area contributed by atoms with E-state index in [0.717, 1.165) is 0 Å². The first-order chi connectivity index (χ1) is 3.29. The van der Waals surface area contributed by atoms with E-state index in [-0.39, 0.29) is 5.91 Å². The smallest absolute Gasteiger partial charge is 0.289 e. The van der Waals surface area contributed by atoms with Gasteiger partial charge in [-0.05, 0) is 0 Å². The number of hydrogen-bond donors (Lipinski definition) is 2. The zero-order valence-corrected chi connectivity index (χ0v) is 3.51. The van der Waals surface area contributed by atoms with Crippen molar-refractivity contribution in [2.75, 3.05) is 0 Å². The fraction of sp³-hybridized carbons (Fsp3) is 0. The van der Waals surface area contributed by atoms with Crippen LogP contribution in [0.5, 0.6) is 0 Å². The van der Waals surface area contributed by atoms with Crippen LogP contribution in [-0.2, 0) is 4.79 Å². The maximum absolute atomic E-state index is 10.1. The molecule has 0 aromatic rings. The number of carbonyl (C=O) groups excluding carboxylic acids is 1. The van der Waals surface area contributed by atoms with Crippen LogP contribution in [0.15, 0.2) is 11.9 Å². The number of hydrogen-bond acceptors (Lipinski definition) is 3. The highest BCUT2D eigenvalue weighted by atomic mass is 16.2. The van der Waals surface area contributed by atoms with Crippen molar-refractivity contribution in [2.45, 2.75) is 0 Å². The third-order valence-electron chi connectivity index (χ3n) is 0.574. The first kappa shape index (κ1) is 3.98. The van der Waals surface area contributed by atoms with Crippen LogP contribution < -0.4 is 16.6 Å². The Balaban J connectivity index is 2.67. The summed E-state index contributed by atoms with van der Waals surface area (Å²) in [5.41, 5.74) is 10.6. The van der Waals surface area contributed by atoms with Crippen LogP contribution >= 0.6 is 0 Å². The molecule has 0 atom stereocenters. The summed E-state index contributed by atoms with van der Waals surface area (Å²) >= 11 is 0. The van der Waals surface area contributed by atoms with Crippen LogP contribution in [0, 0.1) is 0 Å². The normalized spacial score (nSPS) is 17.7. The Bertz CT molecular complexity index is 128. The molecule has 1 amide bonds. The first-order valence-electron chi connectivity index (χ1n) is 1.77. The summed E-state index contributed by atoms with van der Waals surface area (Å²) in [6.45, 7) is 0. The van der Waals surface area contributed by atoms with Gasteiger partial charge in [-0.15, -0.1) is 5.43 Å². The molecule has 4 heteroatoms. The van der Waals surface area contributed by atoms with Crippen molar-refractivity contribution in [2.24, 2.45) is 5.73 Å². The Morgan fingerprint density at radius 1 is 1.86 bits per heavy atom. The highest BCUT2D eigenvalue weighted by Gasteiger charge is 2.06. The van der Waals surface area contributed by atoms with Gasteiger partial charge in [-0.25, -0.2) is 0 Å². The van der Waals surface area contributed by atoms with Gasteiger partial charge in [-0.1, -0.05) is 0 Å². The van der Waals surface area contributed by atoms with Gasteiger partial charge in [0.1, 0.15) is 5.82 Å². The number of nitrogens with two attached hydrogens (primary N) is 1. The number of nitrogens with one attached hydrogen (secondary N) is 1. The molecule has 0 unspecified atom stereocenters. The van der Waals surface area contributed by atoms with Crippen molar-refractivity contribution < 1.29 is 4.79 Å². The molecule has 0 saturated heterocycles. The second kappa shape index (κ2) is 1.14. The molecule has 0 aromatic carbocycles. The molecule has 1 heterocycles. The predicted octanol–water partition coefficient (Wildman–Crippen LogP) is -1.56. The van der Waals surface area contributed by atoms with Crippen molar-refractivity contribution >= 4 is 5.91 Å². The second-order valence-electron chi connectivity index (χ2n) is 1.16. The quantitative estimate of drug-likeness (QED) is 0.385. The van der Waals surface area contributed by atoms with Gasteiger partial charge < -0.3 is 5.73 Å². The van der Waals surface area contributed by atoms with Crippen molar-refractivity contribution in [3.63, 3.8) is 0 Å². The summed E-state index contributed by atoms with van der Waals surface area (Å²) in [5, 5.41) is 0. The maximum Gasteiger partial charge on any atom is 0.289 e. The monoisotopic (exact) mass is 98.0 g/mol. The molecule has 0 aromatic heterocycles. The van der Waals surface area contributed by atoms with E-state index in [9.17, 15) is 4.79 Å². The van der Waals surface area contributed by atoms with Crippen molar-refractivity contribution in [1.82, 2.24) is 10.9 Å². The van der Waals surface area contributed by atoms with Crippen molar-refractivity contribution in [1.29, 1.82) is 0 Å². The molecule has 0 fully saturated rings. The zero-order chi connectivity index (χ0) is 5.28. The van der Waals surface area contributed by atoms with Gasteiger partial charge in [0, 0.05) is 6.08 Å². The Morgan fingerprint density at radius 3 is 2.71 bits per heavy atom. The van der Waals surface area contributed by atoms with Gasteiger partial charge in [-0.2, -0.15) is 0 Å².